The SMILES string of the molecule is C1COCOC1.C1CSCCS1.C1CSCSC1.CC.CC.CC.CC.CC.CC.CC.CC.CC.CC.CC.CC.CC.CC.CC.CC.c1ccc2[nH]ccc2c1.c1ccc2[nH]ncc2c1.c1ccc2occc2c1.c1ccc2sccc2c1.c1ccn2cccc2c1. The number of hydrogen-bond donors (Lipinski definition) is 2. The molecule has 13 rings (SSSR count). The van der Waals surface area contributed by atoms with Crippen LogP contribution in [0, 0.1) is 0 Å². The molecule has 3 aliphatic heterocycles. The monoisotopic (exact) mass is 1410 g/mol. The number of nitrogens with one attached hydrogen (secondary N) is 2. The van der Waals surface area contributed by atoms with Crippen molar-refractivity contribution in [3.8, 4) is 0 Å². The highest BCUT2D eigenvalue weighted by Gasteiger charge is 1.97. The lowest BCUT2D eigenvalue weighted by molar-refractivity contribution is -0.0963. The van der Waals surface area contributed by atoms with Crippen LogP contribution in [0.5, 0.6) is 0 Å². The first-order valence-corrected chi connectivity index (χ1v) is 42.6. The summed E-state index contributed by atoms with van der Waals surface area (Å²) in [6.07, 6.45) is 12.0. The summed E-state index contributed by atoms with van der Waals surface area (Å²) >= 11 is 10.1. The molecule has 6 aromatic heterocycles. The number of ether oxygens (including phenoxy) is 2. The fourth-order valence-corrected chi connectivity index (χ4v) is 11.4. The molecule has 9 heterocycles. The van der Waals surface area contributed by atoms with Crippen LogP contribution in [0.3, 0.4) is 0 Å². The molecular weight excluding hydrogens is 1260 g/mol. The summed E-state index contributed by atoms with van der Waals surface area (Å²) in [4.78, 5) is 3.12. The van der Waals surface area contributed by atoms with E-state index in [9.17, 15) is 0 Å². The first kappa shape index (κ1) is 115. The summed E-state index contributed by atoms with van der Waals surface area (Å²) in [5, 5.41) is 15.1. The van der Waals surface area contributed by atoms with E-state index in [1.807, 2.05) is 331 Å². The Labute approximate surface area is 611 Å². The highest BCUT2D eigenvalue weighted by molar-refractivity contribution is 8.16. The Morgan fingerprint density at radius 2 is 0.800 bits per heavy atom. The van der Waals surface area contributed by atoms with E-state index in [0.29, 0.717) is 6.79 Å². The number of nitrogens with zero attached hydrogens (tertiary/aromatic N) is 2. The minimum atomic E-state index is 0.500. The Morgan fingerprint density at radius 1 is 0.368 bits per heavy atom. The van der Waals surface area contributed by atoms with Crippen molar-refractivity contribution in [2.75, 3.05) is 59.6 Å². The van der Waals surface area contributed by atoms with Crippen LogP contribution >= 0.6 is 58.4 Å². The third kappa shape index (κ3) is 70.6. The van der Waals surface area contributed by atoms with Gasteiger partial charge in [-0.15, -0.1) is 11.3 Å². The molecule has 0 saturated carbocycles. The van der Waals surface area contributed by atoms with E-state index in [2.05, 4.69) is 133 Å². The number of aromatic amines is 2. The summed E-state index contributed by atoms with van der Waals surface area (Å²) in [5.74, 6) is 8.31. The zero-order valence-electron chi connectivity index (χ0n) is 67.5. The topological polar surface area (TPSA) is 80.5 Å². The summed E-state index contributed by atoms with van der Waals surface area (Å²) in [6.45, 7) is 66.2. The van der Waals surface area contributed by atoms with Gasteiger partial charge in [-0.1, -0.05) is 300 Å². The van der Waals surface area contributed by atoms with Crippen LogP contribution in [-0.2, 0) is 9.47 Å². The standard InChI is InChI=1S/2C8H7N.C8H6O.C8H6S.C7H6N2.C4H8O2.2C4H8S2.16C2H6/c1-2-6-9-7-3-5-8(9)4-1;3*1-2-4-8-7(3-1)5-6-9-8;1-2-4-7-6(3-1)5-8-9-7;1-2-5-4-6-3-1;1-2-6-4-3-5-1;1-2-5-4-6-3-1;16*1-2/h1-7H;1-6,9H;2*1-6H;1-5H,(H,8,9);3*1-4H2;16*1-2H3. The number of furan rings is 1. The number of thioether (sulfide) groups is 4. The number of thiophene rings is 1. The van der Waals surface area contributed by atoms with Crippen LogP contribution in [0.2, 0.25) is 0 Å². The molecule has 95 heavy (non-hydrogen) atoms. The van der Waals surface area contributed by atoms with Gasteiger partial charge in [-0.2, -0.15) is 52.1 Å². The molecule has 10 aromatic rings. The lowest BCUT2D eigenvalue weighted by Crippen LogP contribution is -2.11. The van der Waals surface area contributed by atoms with E-state index >= 15 is 0 Å². The molecule has 3 fully saturated rings. The predicted molar refractivity (Wildman–Crippen MR) is 462 cm³/mol. The van der Waals surface area contributed by atoms with Crippen LogP contribution in [0.1, 0.15) is 234 Å². The molecule has 3 aliphatic rings. The maximum atomic E-state index is 5.12. The van der Waals surface area contributed by atoms with Crippen molar-refractivity contribution in [1.82, 2.24) is 19.6 Å². The molecule has 0 amide bonds. The largest absolute Gasteiger partial charge is 0.464 e. The van der Waals surface area contributed by atoms with E-state index in [1.54, 1.807) is 17.6 Å². The molecule has 0 atom stereocenters. The highest BCUT2D eigenvalue weighted by Crippen LogP contribution is 2.20. The van der Waals surface area contributed by atoms with Gasteiger partial charge in [0.15, 0.2) is 0 Å². The van der Waals surface area contributed by atoms with E-state index in [4.69, 9.17) is 13.9 Å². The fraction of sp³-hybridized carbons (Fsp3) is 0.530. The number of para-hydroxylation sites is 3. The van der Waals surface area contributed by atoms with Gasteiger partial charge >= 0.3 is 0 Å². The van der Waals surface area contributed by atoms with Gasteiger partial charge < -0.3 is 23.3 Å². The van der Waals surface area contributed by atoms with Crippen molar-refractivity contribution < 1.29 is 13.9 Å². The predicted octanol–water partition coefficient (Wildman–Crippen LogP) is 31.1. The van der Waals surface area contributed by atoms with Gasteiger partial charge in [-0.05, 0) is 107 Å². The number of fused-ring (bicyclic) bond motifs is 5. The third-order valence-corrected chi connectivity index (χ3v) is 15.1. The Bertz CT molecular complexity index is 2070. The van der Waals surface area contributed by atoms with Gasteiger partial charge in [0.1, 0.15) is 12.4 Å². The van der Waals surface area contributed by atoms with Crippen molar-refractivity contribution in [1.29, 1.82) is 0 Å². The molecule has 0 radical (unpaired) electrons. The average molecular weight is 1410 g/mol. The van der Waals surface area contributed by atoms with E-state index in [1.165, 1.54) is 72.5 Å². The minimum absolute atomic E-state index is 0.500. The zero-order valence-corrected chi connectivity index (χ0v) is 71.5. The van der Waals surface area contributed by atoms with Gasteiger partial charge in [0.05, 0.1) is 31.2 Å². The Hall–Kier alpha value is -4.53. The molecule has 0 unspecified atom stereocenters. The number of rotatable bonds is 0. The summed E-state index contributed by atoms with van der Waals surface area (Å²) in [6, 6.07) is 49.0. The first-order chi connectivity index (χ1) is 47.3. The molecule has 0 bridgehead atoms. The number of hydrogen-bond acceptors (Lipinski definition) is 9. The van der Waals surface area contributed by atoms with Gasteiger partial charge in [-0.3, -0.25) is 5.10 Å². The second kappa shape index (κ2) is 114. The molecule has 0 aliphatic carbocycles. The Kier molecular flexibility index (Phi) is 137. The molecule has 552 valence electrons. The van der Waals surface area contributed by atoms with Crippen molar-refractivity contribution >= 4 is 107 Å². The fourth-order valence-electron chi connectivity index (χ4n) is 5.99. The normalized spacial score (nSPS) is 10.4. The summed E-state index contributed by atoms with van der Waals surface area (Å²) < 4.78 is 18.3. The summed E-state index contributed by atoms with van der Waals surface area (Å²) in [5.41, 5.74) is 4.50. The van der Waals surface area contributed by atoms with Crippen molar-refractivity contribution in [2.24, 2.45) is 0 Å². The first-order valence-electron chi connectivity index (χ1n) is 37.1. The van der Waals surface area contributed by atoms with Crippen LogP contribution in [-0.4, -0.2) is 79.2 Å². The van der Waals surface area contributed by atoms with Crippen molar-refractivity contribution in [2.45, 2.75) is 234 Å². The lowest BCUT2D eigenvalue weighted by Gasteiger charge is -2.09. The van der Waals surface area contributed by atoms with Gasteiger partial charge in [0.2, 0.25) is 0 Å². The van der Waals surface area contributed by atoms with Gasteiger partial charge in [0, 0.05) is 73.2 Å². The third-order valence-electron chi connectivity index (χ3n) is 9.20. The van der Waals surface area contributed by atoms with E-state index in [-0.39, 0.29) is 0 Å². The Balaban J connectivity index is -0.0000000892. The maximum absolute atomic E-state index is 5.12. The molecule has 7 nitrogen and oxygen atoms in total. The van der Waals surface area contributed by atoms with Crippen LogP contribution in [0.4, 0.5) is 0 Å². The summed E-state index contributed by atoms with van der Waals surface area (Å²) in [7, 11) is 0. The quantitative estimate of drug-likeness (QED) is 0.155. The number of aromatic nitrogens is 4. The molecular formula is C83H152N4O3S5. The maximum Gasteiger partial charge on any atom is 0.146 e. The zero-order chi connectivity index (χ0) is 75.3. The van der Waals surface area contributed by atoms with Crippen LogP contribution in [0.15, 0.2) is 186 Å². The minimum Gasteiger partial charge on any atom is -0.464 e. The van der Waals surface area contributed by atoms with Gasteiger partial charge in [-0.25, -0.2) is 0 Å². The van der Waals surface area contributed by atoms with Crippen molar-refractivity contribution in [3.05, 3.63) is 182 Å². The number of benzene rings is 4. The molecule has 0 spiro atoms. The van der Waals surface area contributed by atoms with E-state index in [0.717, 1.165) is 41.5 Å². The number of H-pyrrole nitrogens is 2. The molecule has 4 aromatic carbocycles. The lowest BCUT2D eigenvalue weighted by atomic mass is 10.3. The molecule has 3 saturated heterocycles. The molecule has 12 heteroatoms. The van der Waals surface area contributed by atoms with Gasteiger partial charge in [0.25, 0.3) is 0 Å². The Morgan fingerprint density at radius 3 is 1.21 bits per heavy atom. The second-order valence-electron chi connectivity index (χ2n) is 13.8. The smallest absolute Gasteiger partial charge is 0.146 e. The number of pyridine rings is 1. The van der Waals surface area contributed by atoms with Crippen molar-refractivity contribution in [3.63, 3.8) is 0 Å². The van der Waals surface area contributed by atoms with Crippen LogP contribution in [0.25, 0.3) is 48.4 Å². The van der Waals surface area contributed by atoms with E-state index < -0.39 is 0 Å². The highest BCUT2D eigenvalue weighted by atomic mass is 32.2. The average Bonchev–Trinajstić information content (AvgIpc) is 4.59. The molecule has 2 N–H and O–H groups in total. The second-order valence-corrected chi connectivity index (χ2v) is 19.8. The van der Waals surface area contributed by atoms with Crippen LogP contribution < -0.4 is 0 Å².